The summed E-state index contributed by atoms with van der Waals surface area (Å²) < 4.78 is 39.5. The number of benzene rings is 1. The van der Waals surface area contributed by atoms with E-state index in [2.05, 4.69) is 4.72 Å². The van der Waals surface area contributed by atoms with Crippen molar-refractivity contribution in [3.63, 3.8) is 0 Å². The minimum atomic E-state index is -4.14. The summed E-state index contributed by atoms with van der Waals surface area (Å²) >= 11 is 0. The third-order valence-corrected chi connectivity index (χ3v) is 4.53. The van der Waals surface area contributed by atoms with Gasteiger partial charge in [-0.15, -0.1) is 0 Å². The number of aliphatic hydroxyl groups is 2. The van der Waals surface area contributed by atoms with Crippen LogP contribution in [0.15, 0.2) is 23.1 Å². The van der Waals surface area contributed by atoms with Crippen molar-refractivity contribution in [2.75, 3.05) is 18.9 Å². The lowest BCUT2D eigenvalue weighted by Crippen LogP contribution is -2.53. The molecule has 0 spiro atoms. The largest absolute Gasteiger partial charge is 0.398 e. The fourth-order valence-electron chi connectivity index (χ4n) is 1.49. The second kappa shape index (κ2) is 5.83. The molecular formula is C11H17FN2O4S. The second-order valence-corrected chi connectivity index (χ2v) is 5.89. The lowest BCUT2D eigenvalue weighted by Gasteiger charge is -2.29. The number of hydrogen-bond acceptors (Lipinski definition) is 5. The van der Waals surface area contributed by atoms with Gasteiger partial charge in [-0.25, -0.2) is 17.5 Å². The SMILES string of the molecule is CCC(CO)(CO)NS(=O)(=O)c1cc(F)ccc1N. The van der Waals surface area contributed by atoms with Crippen LogP contribution in [0.2, 0.25) is 0 Å². The summed E-state index contributed by atoms with van der Waals surface area (Å²) in [6.45, 7) is 0.423. The number of sulfonamides is 1. The minimum absolute atomic E-state index is 0.116. The van der Waals surface area contributed by atoms with Crippen LogP contribution in [0.4, 0.5) is 10.1 Å². The van der Waals surface area contributed by atoms with E-state index in [9.17, 15) is 23.0 Å². The van der Waals surface area contributed by atoms with Crippen molar-refractivity contribution in [1.29, 1.82) is 0 Å². The van der Waals surface area contributed by atoms with Crippen LogP contribution < -0.4 is 10.5 Å². The lowest BCUT2D eigenvalue weighted by atomic mass is 10.0. The van der Waals surface area contributed by atoms with Gasteiger partial charge in [-0.2, -0.15) is 0 Å². The Morgan fingerprint density at radius 1 is 1.37 bits per heavy atom. The molecule has 0 radical (unpaired) electrons. The third kappa shape index (κ3) is 3.41. The van der Waals surface area contributed by atoms with Gasteiger partial charge in [0.2, 0.25) is 10.0 Å². The number of aliphatic hydroxyl groups excluding tert-OH is 2. The van der Waals surface area contributed by atoms with Gasteiger partial charge in [0.05, 0.1) is 24.4 Å². The number of hydrogen-bond donors (Lipinski definition) is 4. The average Bonchev–Trinajstić information content (AvgIpc) is 2.39. The summed E-state index contributed by atoms with van der Waals surface area (Å²) in [4.78, 5) is -0.424. The molecule has 1 aromatic carbocycles. The predicted octanol–water partition coefficient (Wildman–Crippen LogP) is -0.180. The highest BCUT2D eigenvalue weighted by Gasteiger charge is 2.33. The summed E-state index contributed by atoms with van der Waals surface area (Å²) in [5.74, 6) is -0.746. The molecule has 5 N–H and O–H groups in total. The number of nitrogen functional groups attached to an aromatic ring is 1. The number of nitrogens with one attached hydrogen (secondary N) is 1. The van der Waals surface area contributed by atoms with Crippen LogP contribution in [-0.2, 0) is 10.0 Å². The smallest absolute Gasteiger partial charge is 0.243 e. The first kappa shape index (κ1) is 15.8. The van der Waals surface area contributed by atoms with E-state index in [0.29, 0.717) is 0 Å². The van der Waals surface area contributed by atoms with E-state index in [4.69, 9.17) is 5.73 Å². The van der Waals surface area contributed by atoms with Gasteiger partial charge in [0.25, 0.3) is 0 Å². The Morgan fingerprint density at radius 2 is 1.95 bits per heavy atom. The first-order valence-corrected chi connectivity index (χ1v) is 7.09. The van der Waals surface area contributed by atoms with Gasteiger partial charge in [0, 0.05) is 0 Å². The van der Waals surface area contributed by atoms with Crippen LogP contribution in [0.5, 0.6) is 0 Å². The van der Waals surface area contributed by atoms with E-state index in [1.165, 1.54) is 0 Å². The molecule has 0 saturated carbocycles. The molecule has 6 nitrogen and oxygen atoms in total. The highest BCUT2D eigenvalue weighted by molar-refractivity contribution is 7.89. The lowest BCUT2D eigenvalue weighted by molar-refractivity contribution is 0.105. The molecule has 0 aliphatic heterocycles. The Hall–Kier alpha value is -1.22. The Kier molecular flexibility index (Phi) is 4.86. The van der Waals surface area contributed by atoms with E-state index in [1.807, 2.05) is 0 Å². The van der Waals surface area contributed by atoms with Crippen LogP contribution in [0, 0.1) is 5.82 Å². The molecule has 0 unspecified atom stereocenters. The Balaban J connectivity index is 3.21. The average molecular weight is 292 g/mol. The van der Waals surface area contributed by atoms with Crippen LogP contribution in [-0.4, -0.2) is 37.4 Å². The fraction of sp³-hybridized carbons (Fsp3) is 0.455. The predicted molar refractivity (Wildman–Crippen MR) is 68.3 cm³/mol. The molecule has 108 valence electrons. The number of halogens is 1. The van der Waals surface area contributed by atoms with E-state index >= 15 is 0 Å². The molecular weight excluding hydrogens is 275 g/mol. The maximum Gasteiger partial charge on any atom is 0.243 e. The quantitative estimate of drug-likeness (QED) is 0.543. The first-order valence-electron chi connectivity index (χ1n) is 5.61. The van der Waals surface area contributed by atoms with Gasteiger partial charge in [-0.05, 0) is 24.6 Å². The zero-order chi connectivity index (χ0) is 14.7. The van der Waals surface area contributed by atoms with Crippen LogP contribution in [0.25, 0.3) is 0 Å². The molecule has 0 amide bonds. The summed E-state index contributed by atoms with van der Waals surface area (Å²) in [7, 11) is -4.14. The van der Waals surface area contributed by atoms with E-state index < -0.39 is 39.5 Å². The maximum absolute atomic E-state index is 13.1. The Labute approximate surface area is 111 Å². The van der Waals surface area contributed by atoms with Crippen molar-refractivity contribution >= 4 is 15.7 Å². The molecule has 0 aromatic heterocycles. The molecule has 0 saturated heterocycles. The molecule has 1 rings (SSSR count). The molecule has 0 atom stereocenters. The standard InChI is InChI=1S/C11H17FN2O4S/c1-2-11(6-15,7-16)14-19(17,18)10-5-8(12)3-4-9(10)13/h3-5,14-16H,2,6-7,13H2,1H3. The molecule has 0 bridgehead atoms. The van der Waals surface area contributed by atoms with Crippen LogP contribution in [0.3, 0.4) is 0 Å². The number of nitrogens with two attached hydrogens (primary N) is 1. The van der Waals surface area contributed by atoms with Gasteiger partial charge in [-0.3, -0.25) is 0 Å². The summed E-state index contributed by atoms with van der Waals surface area (Å²) in [5.41, 5.74) is 3.99. The zero-order valence-electron chi connectivity index (χ0n) is 10.4. The maximum atomic E-state index is 13.1. The van der Waals surface area contributed by atoms with Gasteiger partial charge in [0.15, 0.2) is 0 Å². The summed E-state index contributed by atoms with van der Waals surface area (Å²) in [6.07, 6.45) is 0.161. The number of anilines is 1. The molecule has 1 aromatic rings. The van der Waals surface area contributed by atoms with Gasteiger partial charge in [-0.1, -0.05) is 6.92 Å². The highest BCUT2D eigenvalue weighted by Crippen LogP contribution is 2.22. The van der Waals surface area contributed by atoms with Gasteiger partial charge < -0.3 is 15.9 Å². The molecule has 8 heteroatoms. The topological polar surface area (TPSA) is 113 Å². The second-order valence-electron chi connectivity index (χ2n) is 4.24. The molecule has 0 heterocycles. The Morgan fingerprint density at radius 3 is 2.42 bits per heavy atom. The summed E-state index contributed by atoms with van der Waals surface area (Å²) in [5, 5.41) is 18.4. The zero-order valence-corrected chi connectivity index (χ0v) is 11.2. The monoisotopic (exact) mass is 292 g/mol. The minimum Gasteiger partial charge on any atom is -0.398 e. The van der Waals surface area contributed by atoms with Gasteiger partial charge >= 0.3 is 0 Å². The normalized spacial score (nSPS) is 12.6. The van der Waals surface area contributed by atoms with E-state index in [1.54, 1.807) is 6.92 Å². The van der Waals surface area contributed by atoms with Crippen molar-refractivity contribution in [3.05, 3.63) is 24.0 Å². The fourth-order valence-corrected chi connectivity index (χ4v) is 3.09. The first-order chi connectivity index (χ1) is 8.80. The Bertz CT molecular complexity index is 535. The molecule has 0 aliphatic carbocycles. The summed E-state index contributed by atoms with van der Waals surface area (Å²) in [6, 6.07) is 2.96. The number of rotatable bonds is 6. The molecule has 0 fully saturated rings. The van der Waals surface area contributed by atoms with Crippen molar-refractivity contribution in [1.82, 2.24) is 4.72 Å². The van der Waals surface area contributed by atoms with Crippen molar-refractivity contribution in [2.24, 2.45) is 0 Å². The van der Waals surface area contributed by atoms with E-state index in [-0.39, 0.29) is 12.1 Å². The van der Waals surface area contributed by atoms with E-state index in [0.717, 1.165) is 18.2 Å². The molecule has 0 aliphatic rings. The van der Waals surface area contributed by atoms with Crippen LogP contribution >= 0.6 is 0 Å². The van der Waals surface area contributed by atoms with Gasteiger partial charge in [0.1, 0.15) is 10.7 Å². The molecule has 19 heavy (non-hydrogen) atoms. The van der Waals surface area contributed by atoms with Crippen molar-refractivity contribution in [3.8, 4) is 0 Å². The van der Waals surface area contributed by atoms with Crippen molar-refractivity contribution in [2.45, 2.75) is 23.8 Å². The highest BCUT2D eigenvalue weighted by atomic mass is 32.2. The van der Waals surface area contributed by atoms with Crippen molar-refractivity contribution < 1.29 is 23.0 Å². The van der Waals surface area contributed by atoms with Crippen LogP contribution in [0.1, 0.15) is 13.3 Å². The third-order valence-electron chi connectivity index (χ3n) is 2.90.